The third-order valence-corrected chi connectivity index (χ3v) is 1.77. The van der Waals surface area contributed by atoms with Crippen molar-refractivity contribution in [3.63, 3.8) is 0 Å². The average molecular weight is 224 g/mol. The molecule has 0 aliphatic rings. The summed E-state index contributed by atoms with van der Waals surface area (Å²) in [6.07, 6.45) is 1.98. The van der Waals surface area contributed by atoms with Crippen LogP contribution < -0.4 is 15.8 Å². The van der Waals surface area contributed by atoms with E-state index in [0.29, 0.717) is 18.3 Å². The standard InChI is InChI=1S/C10H16N4O2/c1-3-4-5-16-9-6-8(12-7(2)15)13-10(11)14-9/h6H,3-5H2,1-2H3,(H3,11,12,13,14,15). The Balaban J connectivity index is 2.69. The summed E-state index contributed by atoms with van der Waals surface area (Å²) in [7, 11) is 0. The molecule has 16 heavy (non-hydrogen) atoms. The van der Waals surface area contributed by atoms with Crippen LogP contribution in [0.3, 0.4) is 0 Å². The largest absolute Gasteiger partial charge is 0.477 e. The number of rotatable bonds is 5. The molecule has 1 amide bonds. The zero-order chi connectivity index (χ0) is 12.0. The van der Waals surface area contributed by atoms with Crippen LogP contribution in [0.1, 0.15) is 26.7 Å². The van der Waals surface area contributed by atoms with Gasteiger partial charge in [0.05, 0.1) is 6.61 Å². The number of nitrogens with zero attached hydrogens (tertiary/aromatic N) is 2. The second-order valence-electron chi connectivity index (χ2n) is 3.33. The summed E-state index contributed by atoms with van der Waals surface area (Å²) in [5, 5.41) is 2.53. The summed E-state index contributed by atoms with van der Waals surface area (Å²) < 4.78 is 5.37. The first kappa shape index (κ1) is 12.2. The van der Waals surface area contributed by atoms with Crippen molar-refractivity contribution in [2.24, 2.45) is 0 Å². The lowest BCUT2D eigenvalue weighted by Crippen LogP contribution is -2.10. The molecule has 1 aromatic heterocycles. The lowest BCUT2D eigenvalue weighted by Gasteiger charge is -2.07. The number of ether oxygens (including phenoxy) is 1. The van der Waals surface area contributed by atoms with Gasteiger partial charge in [0.2, 0.25) is 17.7 Å². The maximum Gasteiger partial charge on any atom is 0.225 e. The van der Waals surface area contributed by atoms with Crippen molar-refractivity contribution in [3.05, 3.63) is 6.07 Å². The first-order valence-corrected chi connectivity index (χ1v) is 5.16. The molecule has 0 unspecified atom stereocenters. The molecule has 6 heteroatoms. The van der Waals surface area contributed by atoms with Crippen LogP contribution in [0, 0.1) is 0 Å². The molecular formula is C10H16N4O2. The molecule has 0 aliphatic carbocycles. The van der Waals surface area contributed by atoms with Crippen molar-refractivity contribution in [2.75, 3.05) is 17.7 Å². The molecule has 0 spiro atoms. The molecule has 0 saturated carbocycles. The third-order valence-electron chi connectivity index (χ3n) is 1.77. The van der Waals surface area contributed by atoms with Gasteiger partial charge in [-0.05, 0) is 6.42 Å². The summed E-state index contributed by atoms with van der Waals surface area (Å²) in [5.74, 6) is 0.603. The number of anilines is 2. The molecule has 3 N–H and O–H groups in total. The van der Waals surface area contributed by atoms with E-state index in [0.717, 1.165) is 12.8 Å². The average Bonchev–Trinajstić information content (AvgIpc) is 2.16. The monoisotopic (exact) mass is 224 g/mol. The Labute approximate surface area is 94.2 Å². The highest BCUT2D eigenvalue weighted by Gasteiger charge is 2.04. The van der Waals surface area contributed by atoms with E-state index in [1.165, 1.54) is 6.92 Å². The third kappa shape index (κ3) is 4.12. The molecule has 0 bridgehead atoms. The molecule has 0 aliphatic heterocycles. The minimum absolute atomic E-state index is 0.0812. The summed E-state index contributed by atoms with van der Waals surface area (Å²) in [5.41, 5.74) is 5.49. The molecule has 0 aromatic carbocycles. The van der Waals surface area contributed by atoms with Gasteiger partial charge < -0.3 is 15.8 Å². The number of aromatic nitrogens is 2. The molecule has 0 saturated heterocycles. The highest BCUT2D eigenvalue weighted by atomic mass is 16.5. The number of nitrogen functional groups attached to an aromatic ring is 1. The number of carbonyl (C=O) groups excluding carboxylic acids is 1. The van der Waals surface area contributed by atoms with Gasteiger partial charge in [-0.1, -0.05) is 13.3 Å². The summed E-state index contributed by atoms with van der Waals surface area (Å²) in [6, 6.07) is 1.55. The van der Waals surface area contributed by atoms with Crippen LogP contribution >= 0.6 is 0 Å². The van der Waals surface area contributed by atoms with Crippen LogP contribution in [-0.2, 0) is 4.79 Å². The van der Waals surface area contributed by atoms with Gasteiger partial charge in [0.25, 0.3) is 0 Å². The lowest BCUT2D eigenvalue weighted by atomic mass is 10.4. The summed E-state index contributed by atoms with van der Waals surface area (Å²) in [4.78, 5) is 18.6. The smallest absolute Gasteiger partial charge is 0.225 e. The van der Waals surface area contributed by atoms with Crippen LogP contribution in [0.15, 0.2) is 6.07 Å². The second kappa shape index (κ2) is 5.89. The lowest BCUT2D eigenvalue weighted by molar-refractivity contribution is -0.114. The zero-order valence-electron chi connectivity index (χ0n) is 9.49. The van der Waals surface area contributed by atoms with Gasteiger partial charge in [0.15, 0.2) is 0 Å². The Morgan fingerprint density at radius 3 is 2.94 bits per heavy atom. The molecule has 0 fully saturated rings. The second-order valence-corrected chi connectivity index (χ2v) is 3.33. The Kier molecular flexibility index (Phi) is 4.50. The normalized spacial score (nSPS) is 9.88. The molecule has 1 aromatic rings. The van der Waals surface area contributed by atoms with Gasteiger partial charge in [-0.3, -0.25) is 4.79 Å². The van der Waals surface area contributed by atoms with Gasteiger partial charge in [-0.15, -0.1) is 0 Å². The van der Waals surface area contributed by atoms with E-state index in [1.54, 1.807) is 6.07 Å². The van der Waals surface area contributed by atoms with Gasteiger partial charge in [-0.25, -0.2) is 0 Å². The number of nitrogens with one attached hydrogen (secondary N) is 1. The summed E-state index contributed by atoms with van der Waals surface area (Å²) in [6.45, 7) is 4.04. The predicted octanol–water partition coefficient (Wildman–Crippen LogP) is 1.20. The van der Waals surface area contributed by atoms with Crippen LogP contribution in [0.4, 0.5) is 11.8 Å². The first-order valence-electron chi connectivity index (χ1n) is 5.16. The number of unbranched alkanes of at least 4 members (excludes halogenated alkanes) is 1. The molecular weight excluding hydrogens is 208 g/mol. The van der Waals surface area contributed by atoms with E-state index < -0.39 is 0 Å². The van der Waals surface area contributed by atoms with E-state index >= 15 is 0 Å². The highest BCUT2D eigenvalue weighted by Crippen LogP contribution is 2.14. The van der Waals surface area contributed by atoms with E-state index in [-0.39, 0.29) is 11.9 Å². The molecule has 6 nitrogen and oxygen atoms in total. The van der Waals surface area contributed by atoms with E-state index in [2.05, 4.69) is 22.2 Å². The first-order chi connectivity index (χ1) is 7.61. The molecule has 88 valence electrons. The van der Waals surface area contributed by atoms with E-state index in [4.69, 9.17) is 10.5 Å². The van der Waals surface area contributed by atoms with E-state index in [9.17, 15) is 4.79 Å². The van der Waals surface area contributed by atoms with Crippen molar-refractivity contribution in [1.82, 2.24) is 9.97 Å². The fourth-order valence-corrected chi connectivity index (χ4v) is 1.08. The van der Waals surface area contributed by atoms with Gasteiger partial charge in [-0.2, -0.15) is 9.97 Å². The number of hydrogen-bond donors (Lipinski definition) is 2. The number of nitrogens with two attached hydrogens (primary N) is 1. The van der Waals surface area contributed by atoms with Crippen LogP contribution in [0.25, 0.3) is 0 Å². The Morgan fingerprint density at radius 1 is 1.56 bits per heavy atom. The van der Waals surface area contributed by atoms with Gasteiger partial charge >= 0.3 is 0 Å². The maximum absolute atomic E-state index is 10.8. The minimum Gasteiger partial charge on any atom is -0.477 e. The molecule has 0 atom stereocenters. The van der Waals surface area contributed by atoms with Gasteiger partial charge in [0.1, 0.15) is 5.82 Å². The Hall–Kier alpha value is -1.85. The number of hydrogen-bond acceptors (Lipinski definition) is 5. The highest BCUT2D eigenvalue weighted by molar-refractivity contribution is 5.87. The predicted molar refractivity (Wildman–Crippen MR) is 61.2 cm³/mol. The van der Waals surface area contributed by atoms with Crippen LogP contribution in [-0.4, -0.2) is 22.5 Å². The number of carbonyl (C=O) groups is 1. The number of amides is 1. The topological polar surface area (TPSA) is 90.1 Å². The molecule has 0 radical (unpaired) electrons. The SMILES string of the molecule is CCCCOc1cc(NC(C)=O)nc(N)n1. The fourth-order valence-electron chi connectivity index (χ4n) is 1.08. The molecule has 1 rings (SSSR count). The van der Waals surface area contributed by atoms with Crippen molar-refractivity contribution in [3.8, 4) is 5.88 Å². The van der Waals surface area contributed by atoms with Crippen molar-refractivity contribution < 1.29 is 9.53 Å². The van der Waals surface area contributed by atoms with Crippen molar-refractivity contribution in [2.45, 2.75) is 26.7 Å². The zero-order valence-corrected chi connectivity index (χ0v) is 9.49. The maximum atomic E-state index is 10.8. The molecule has 1 heterocycles. The Bertz CT molecular complexity index is 368. The van der Waals surface area contributed by atoms with Crippen molar-refractivity contribution >= 4 is 17.7 Å². The fraction of sp³-hybridized carbons (Fsp3) is 0.500. The van der Waals surface area contributed by atoms with Crippen molar-refractivity contribution in [1.29, 1.82) is 0 Å². The Morgan fingerprint density at radius 2 is 2.31 bits per heavy atom. The van der Waals surface area contributed by atoms with E-state index in [1.807, 2.05) is 0 Å². The minimum atomic E-state index is -0.211. The van der Waals surface area contributed by atoms with Crippen LogP contribution in [0.2, 0.25) is 0 Å². The summed E-state index contributed by atoms with van der Waals surface area (Å²) >= 11 is 0. The van der Waals surface area contributed by atoms with Crippen LogP contribution in [0.5, 0.6) is 5.88 Å². The van der Waals surface area contributed by atoms with Gasteiger partial charge in [0, 0.05) is 13.0 Å². The quantitative estimate of drug-likeness (QED) is 0.733.